The first-order chi connectivity index (χ1) is 10.7. The number of aromatic nitrogens is 1. The summed E-state index contributed by atoms with van der Waals surface area (Å²) in [6, 6.07) is 12.9. The van der Waals surface area contributed by atoms with Crippen LogP contribution in [0, 0.1) is 0 Å². The van der Waals surface area contributed by atoms with Crippen LogP contribution in [0.3, 0.4) is 0 Å². The molecular weight excluding hydrogens is 280 g/mol. The highest BCUT2D eigenvalue weighted by Gasteiger charge is 2.28. The first-order valence-corrected chi connectivity index (χ1v) is 7.18. The van der Waals surface area contributed by atoms with Crippen molar-refractivity contribution in [2.75, 3.05) is 0 Å². The van der Waals surface area contributed by atoms with E-state index in [0.717, 1.165) is 11.3 Å². The zero-order valence-electron chi connectivity index (χ0n) is 12.0. The van der Waals surface area contributed by atoms with E-state index in [1.165, 1.54) is 0 Å². The Balaban J connectivity index is 1.63. The number of ether oxygens (including phenoxy) is 1. The number of pyridine rings is 1. The minimum absolute atomic E-state index is 0.0971. The van der Waals surface area contributed by atoms with Crippen molar-refractivity contribution in [3.05, 3.63) is 59.9 Å². The van der Waals surface area contributed by atoms with E-state index in [2.05, 4.69) is 10.3 Å². The third-order valence-corrected chi connectivity index (χ3v) is 3.62. The number of nitrogens with one attached hydrogen (secondary N) is 1. The fourth-order valence-corrected chi connectivity index (χ4v) is 2.56. The number of hydrogen-bond donors (Lipinski definition) is 1. The largest absolute Gasteiger partial charge is 0.426 e. The van der Waals surface area contributed by atoms with Gasteiger partial charge in [-0.25, -0.2) is 0 Å². The molecule has 1 aromatic heterocycles. The molecule has 0 unspecified atom stereocenters. The predicted molar refractivity (Wildman–Crippen MR) is 80.1 cm³/mol. The topological polar surface area (TPSA) is 68.3 Å². The quantitative estimate of drug-likeness (QED) is 0.693. The van der Waals surface area contributed by atoms with E-state index in [1.807, 2.05) is 36.4 Å². The Morgan fingerprint density at radius 1 is 1.23 bits per heavy atom. The smallest absolute Gasteiger partial charge is 0.311 e. The fraction of sp³-hybridized carbons (Fsp3) is 0.235. The third kappa shape index (κ3) is 3.31. The maximum Gasteiger partial charge on any atom is 0.311 e. The van der Waals surface area contributed by atoms with E-state index in [9.17, 15) is 9.59 Å². The van der Waals surface area contributed by atoms with Crippen LogP contribution >= 0.6 is 0 Å². The number of amides is 1. The number of esters is 1. The van der Waals surface area contributed by atoms with Crippen LogP contribution in [0.4, 0.5) is 0 Å². The number of rotatable bonds is 4. The summed E-state index contributed by atoms with van der Waals surface area (Å²) in [5.74, 6) is 0.0313. The molecule has 0 aliphatic carbocycles. The second-order valence-electron chi connectivity index (χ2n) is 5.21. The first kappa shape index (κ1) is 14.3. The lowest BCUT2D eigenvalue weighted by Crippen LogP contribution is -2.28. The van der Waals surface area contributed by atoms with Crippen LogP contribution in [0.2, 0.25) is 0 Å². The van der Waals surface area contributed by atoms with E-state index in [4.69, 9.17) is 4.74 Å². The van der Waals surface area contributed by atoms with Crippen LogP contribution in [0.25, 0.3) is 0 Å². The van der Waals surface area contributed by atoms with Crippen LogP contribution in [-0.4, -0.2) is 16.9 Å². The van der Waals surface area contributed by atoms with Gasteiger partial charge in [0.25, 0.3) is 0 Å². The molecule has 5 heteroatoms. The third-order valence-electron chi connectivity index (χ3n) is 3.62. The molecule has 0 bridgehead atoms. The van der Waals surface area contributed by atoms with E-state index in [0.29, 0.717) is 12.3 Å². The molecule has 1 aliphatic heterocycles. The summed E-state index contributed by atoms with van der Waals surface area (Å²) in [5.41, 5.74) is 1.72. The van der Waals surface area contributed by atoms with Crippen LogP contribution in [0.15, 0.2) is 48.7 Å². The first-order valence-electron chi connectivity index (χ1n) is 7.18. The number of carbonyl (C=O) groups excluding carboxylic acids is 2. The number of hydrogen-bond acceptors (Lipinski definition) is 4. The molecule has 1 atom stereocenters. The van der Waals surface area contributed by atoms with E-state index in [1.54, 1.807) is 12.3 Å². The van der Waals surface area contributed by atoms with Crippen molar-refractivity contribution < 1.29 is 14.3 Å². The minimum Gasteiger partial charge on any atom is -0.426 e. The van der Waals surface area contributed by atoms with Gasteiger partial charge in [-0.3, -0.25) is 14.6 Å². The van der Waals surface area contributed by atoms with Crippen molar-refractivity contribution in [2.24, 2.45) is 0 Å². The van der Waals surface area contributed by atoms with Crippen molar-refractivity contribution in [3.8, 4) is 5.75 Å². The van der Waals surface area contributed by atoms with Crippen molar-refractivity contribution in [2.45, 2.75) is 25.3 Å². The summed E-state index contributed by atoms with van der Waals surface area (Å²) in [4.78, 5) is 27.9. The van der Waals surface area contributed by atoms with Crippen molar-refractivity contribution >= 4 is 11.9 Å². The molecule has 0 saturated carbocycles. The van der Waals surface area contributed by atoms with Gasteiger partial charge < -0.3 is 10.1 Å². The van der Waals surface area contributed by atoms with E-state index in [-0.39, 0.29) is 30.6 Å². The van der Waals surface area contributed by atoms with Gasteiger partial charge in [-0.15, -0.1) is 0 Å². The lowest BCUT2D eigenvalue weighted by atomic mass is 9.89. The predicted octanol–water partition coefficient (Wildman–Crippen LogP) is 2.18. The number of carbonyl (C=O) groups is 2. The van der Waals surface area contributed by atoms with Gasteiger partial charge in [-0.1, -0.05) is 24.3 Å². The van der Waals surface area contributed by atoms with Crippen LogP contribution < -0.4 is 10.1 Å². The summed E-state index contributed by atoms with van der Waals surface area (Å²) in [5, 5.41) is 2.84. The zero-order valence-corrected chi connectivity index (χ0v) is 12.0. The Labute approximate surface area is 128 Å². The van der Waals surface area contributed by atoms with Crippen LogP contribution in [-0.2, 0) is 16.1 Å². The number of fused-ring (bicyclic) bond motifs is 1. The molecule has 5 nitrogen and oxygen atoms in total. The molecule has 0 radical (unpaired) electrons. The van der Waals surface area contributed by atoms with Crippen LogP contribution in [0.1, 0.15) is 30.0 Å². The number of para-hydroxylation sites is 1. The molecule has 0 spiro atoms. The Morgan fingerprint density at radius 2 is 2.05 bits per heavy atom. The van der Waals surface area contributed by atoms with Gasteiger partial charge >= 0.3 is 5.97 Å². The molecular formula is C17H16N2O3. The molecule has 1 aliphatic rings. The molecule has 22 heavy (non-hydrogen) atoms. The van der Waals surface area contributed by atoms with Crippen molar-refractivity contribution in [3.63, 3.8) is 0 Å². The number of nitrogens with zero attached hydrogens (tertiary/aromatic N) is 1. The maximum absolute atomic E-state index is 12.1. The normalized spacial score (nSPS) is 16.5. The van der Waals surface area contributed by atoms with Crippen molar-refractivity contribution in [1.29, 1.82) is 0 Å². The second-order valence-corrected chi connectivity index (χ2v) is 5.21. The average Bonchev–Trinajstić information content (AvgIpc) is 2.54. The Kier molecular flexibility index (Phi) is 4.14. The van der Waals surface area contributed by atoms with Gasteiger partial charge in [-0.2, -0.15) is 0 Å². The monoisotopic (exact) mass is 296 g/mol. The summed E-state index contributed by atoms with van der Waals surface area (Å²) < 4.78 is 5.19. The summed E-state index contributed by atoms with van der Waals surface area (Å²) in [6.07, 6.45) is 2.18. The summed E-state index contributed by atoms with van der Waals surface area (Å²) >= 11 is 0. The average molecular weight is 296 g/mol. The summed E-state index contributed by atoms with van der Waals surface area (Å²) in [7, 11) is 0. The Morgan fingerprint density at radius 3 is 2.86 bits per heavy atom. The molecule has 2 heterocycles. The van der Waals surface area contributed by atoms with Gasteiger partial charge in [0.2, 0.25) is 5.91 Å². The van der Waals surface area contributed by atoms with Crippen molar-refractivity contribution in [1.82, 2.24) is 10.3 Å². The lowest BCUT2D eigenvalue weighted by molar-refractivity contribution is -0.136. The van der Waals surface area contributed by atoms with Gasteiger partial charge in [0.1, 0.15) is 5.75 Å². The Bertz CT molecular complexity index is 685. The van der Waals surface area contributed by atoms with Gasteiger partial charge in [0.05, 0.1) is 18.7 Å². The molecule has 0 saturated heterocycles. The highest BCUT2D eigenvalue weighted by molar-refractivity contribution is 5.81. The molecule has 1 N–H and O–H groups in total. The molecule has 3 rings (SSSR count). The summed E-state index contributed by atoms with van der Waals surface area (Å²) in [6.45, 7) is 0.387. The second kappa shape index (κ2) is 6.39. The minimum atomic E-state index is -0.291. The highest BCUT2D eigenvalue weighted by Crippen LogP contribution is 2.35. The molecule has 1 amide bonds. The highest BCUT2D eigenvalue weighted by atomic mass is 16.5. The molecule has 0 fully saturated rings. The van der Waals surface area contributed by atoms with Gasteiger partial charge in [0, 0.05) is 18.5 Å². The zero-order chi connectivity index (χ0) is 15.4. The Hall–Kier alpha value is -2.69. The fourth-order valence-electron chi connectivity index (χ4n) is 2.56. The van der Waals surface area contributed by atoms with E-state index < -0.39 is 0 Å². The number of benzene rings is 1. The standard InChI is InChI=1S/C17H16N2O3/c20-16(19-11-13-5-3-4-8-18-13)9-12-10-17(21)22-15-7-2-1-6-14(12)15/h1-8,12H,9-11H2,(H,19,20)/t12-/m0/s1. The van der Waals surface area contributed by atoms with Gasteiger partial charge in [-0.05, 0) is 23.8 Å². The maximum atomic E-state index is 12.1. The van der Waals surface area contributed by atoms with Gasteiger partial charge in [0.15, 0.2) is 0 Å². The SMILES string of the molecule is O=C(C[C@H]1CC(=O)Oc2ccccc21)NCc1ccccn1. The molecule has 112 valence electrons. The lowest BCUT2D eigenvalue weighted by Gasteiger charge is -2.23. The molecule has 2 aromatic rings. The van der Waals surface area contributed by atoms with E-state index >= 15 is 0 Å². The molecule has 1 aromatic carbocycles. The van der Waals surface area contributed by atoms with Crippen LogP contribution in [0.5, 0.6) is 5.75 Å².